The molecule has 8 nitrogen and oxygen atoms in total. The van der Waals surface area contributed by atoms with Gasteiger partial charge >= 0.3 is 6.03 Å². The number of piperidine rings is 1. The zero-order valence-electron chi connectivity index (χ0n) is 21.3. The number of anilines is 1. The van der Waals surface area contributed by atoms with Crippen molar-refractivity contribution in [2.45, 2.75) is 25.2 Å². The Labute approximate surface area is 222 Å². The van der Waals surface area contributed by atoms with Gasteiger partial charge in [-0.2, -0.15) is 0 Å². The molecular weight excluding hydrogens is 484 g/mol. The van der Waals surface area contributed by atoms with Gasteiger partial charge in [-0.15, -0.1) is 11.3 Å². The van der Waals surface area contributed by atoms with Crippen LogP contribution in [0.3, 0.4) is 0 Å². The van der Waals surface area contributed by atoms with Crippen LogP contribution in [-0.2, 0) is 6.42 Å². The van der Waals surface area contributed by atoms with Crippen LogP contribution in [-0.4, -0.2) is 89.5 Å². The fourth-order valence-electron chi connectivity index (χ4n) is 5.00. The lowest BCUT2D eigenvalue weighted by atomic mass is 9.98. The Hall–Kier alpha value is -3.46. The number of rotatable bonds is 6. The third-order valence-corrected chi connectivity index (χ3v) is 8.31. The number of carbonyl (C=O) groups excluding carboxylic acids is 2. The quantitative estimate of drug-likeness (QED) is 0.494. The number of likely N-dealkylation sites (tertiary alicyclic amines) is 1. The van der Waals surface area contributed by atoms with E-state index in [1.165, 1.54) is 5.56 Å². The second-order valence-electron chi connectivity index (χ2n) is 9.74. The van der Waals surface area contributed by atoms with Gasteiger partial charge in [0.15, 0.2) is 0 Å². The Balaban J connectivity index is 1.08. The van der Waals surface area contributed by atoms with Crippen LogP contribution >= 0.6 is 11.3 Å². The number of benzene rings is 1. The highest BCUT2D eigenvalue weighted by Gasteiger charge is 2.30. The second kappa shape index (κ2) is 11.7. The van der Waals surface area contributed by atoms with Gasteiger partial charge in [0.25, 0.3) is 5.91 Å². The molecule has 0 spiro atoms. The van der Waals surface area contributed by atoms with Crippen molar-refractivity contribution >= 4 is 29.1 Å². The van der Waals surface area contributed by atoms with Crippen LogP contribution in [0.2, 0.25) is 0 Å². The lowest BCUT2D eigenvalue weighted by Gasteiger charge is -2.39. The van der Waals surface area contributed by atoms with Crippen LogP contribution in [0.1, 0.15) is 39.8 Å². The number of piperazine rings is 1. The highest BCUT2D eigenvalue weighted by Crippen LogP contribution is 2.31. The van der Waals surface area contributed by atoms with Crippen molar-refractivity contribution in [3.8, 4) is 0 Å². The average Bonchev–Trinajstić information content (AvgIpc) is 3.47. The molecule has 3 amide bonds. The molecule has 0 radical (unpaired) electrons. The van der Waals surface area contributed by atoms with Gasteiger partial charge in [0.1, 0.15) is 11.5 Å². The molecule has 2 saturated heterocycles. The predicted molar refractivity (Wildman–Crippen MR) is 146 cm³/mol. The van der Waals surface area contributed by atoms with Crippen LogP contribution in [0, 0.1) is 0 Å². The summed E-state index contributed by atoms with van der Waals surface area (Å²) in [5.41, 5.74) is 1.75. The maximum atomic E-state index is 13.1. The second-order valence-corrected chi connectivity index (χ2v) is 10.6. The minimum absolute atomic E-state index is 0.0316. The maximum absolute atomic E-state index is 13.1. The summed E-state index contributed by atoms with van der Waals surface area (Å²) in [5.74, 6) is 1.24. The standard InChI is InChI=1S/C28H34N6O2S/c1-31(14-10-22-7-3-2-4-8-22)27(35)24-21-37-26(30-24)23-11-15-33(16-12-23)28(36)34-19-17-32(18-20-34)25-9-5-6-13-29-25/h2-9,13,21,23H,10-12,14-20H2,1H3. The molecule has 1 aromatic carbocycles. The molecule has 2 aliphatic rings. The van der Waals surface area contributed by atoms with Crippen molar-refractivity contribution in [3.63, 3.8) is 0 Å². The van der Waals surface area contributed by atoms with E-state index in [4.69, 9.17) is 4.98 Å². The number of carbonyl (C=O) groups is 2. The first-order valence-electron chi connectivity index (χ1n) is 13.0. The van der Waals surface area contributed by atoms with Crippen LogP contribution in [0.15, 0.2) is 60.1 Å². The number of amides is 3. The number of aromatic nitrogens is 2. The Morgan fingerprint density at radius 1 is 0.946 bits per heavy atom. The van der Waals surface area contributed by atoms with Crippen LogP contribution in [0.25, 0.3) is 0 Å². The van der Waals surface area contributed by atoms with Gasteiger partial charge in [-0.05, 0) is 37.0 Å². The normalized spacial score (nSPS) is 16.6. The van der Waals surface area contributed by atoms with E-state index in [1.807, 2.05) is 64.8 Å². The summed E-state index contributed by atoms with van der Waals surface area (Å²) in [6, 6.07) is 16.3. The molecule has 0 atom stereocenters. The fraction of sp³-hybridized carbons (Fsp3) is 0.429. The van der Waals surface area contributed by atoms with E-state index >= 15 is 0 Å². The topological polar surface area (TPSA) is 72.9 Å². The number of likely N-dealkylation sites (N-methyl/N-ethyl adjacent to an activating group) is 1. The molecule has 2 aliphatic heterocycles. The number of hydrogen-bond acceptors (Lipinski definition) is 6. The van der Waals surface area contributed by atoms with E-state index in [9.17, 15) is 9.59 Å². The molecule has 3 aromatic rings. The lowest BCUT2D eigenvalue weighted by molar-refractivity contribution is 0.0791. The summed E-state index contributed by atoms with van der Waals surface area (Å²) in [6.45, 7) is 5.14. The molecule has 9 heteroatoms. The first-order chi connectivity index (χ1) is 18.1. The Bertz CT molecular complexity index is 1170. The summed E-state index contributed by atoms with van der Waals surface area (Å²) in [7, 11) is 1.84. The van der Waals surface area contributed by atoms with E-state index in [2.05, 4.69) is 22.0 Å². The van der Waals surface area contributed by atoms with Gasteiger partial charge in [0.05, 0.1) is 5.01 Å². The number of hydrogen-bond donors (Lipinski definition) is 0. The maximum Gasteiger partial charge on any atom is 0.320 e. The molecule has 0 saturated carbocycles. The van der Waals surface area contributed by atoms with Crippen LogP contribution in [0.5, 0.6) is 0 Å². The molecule has 2 fully saturated rings. The third kappa shape index (κ3) is 6.10. The molecule has 0 N–H and O–H groups in total. The van der Waals surface area contributed by atoms with Gasteiger partial charge < -0.3 is 19.6 Å². The predicted octanol–water partition coefficient (Wildman–Crippen LogP) is 3.97. The van der Waals surface area contributed by atoms with Gasteiger partial charge in [-0.1, -0.05) is 36.4 Å². The van der Waals surface area contributed by atoms with Crippen molar-refractivity contribution < 1.29 is 9.59 Å². The van der Waals surface area contributed by atoms with Crippen molar-refractivity contribution in [2.75, 3.05) is 57.8 Å². The smallest absolute Gasteiger partial charge is 0.320 e. The lowest BCUT2D eigenvalue weighted by Crippen LogP contribution is -2.54. The molecule has 0 unspecified atom stereocenters. The first kappa shape index (κ1) is 25.2. The highest BCUT2D eigenvalue weighted by atomic mass is 32.1. The largest absolute Gasteiger partial charge is 0.353 e. The van der Waals surface area contributed by atoms with Gasteiger partial charge in [-0.3, -0.25) is 4.79 Å². The van der Waals surface area contributed by atoms with Crippen molar-refractivity contribution in [3.05, 3.63) is 76.4 Å². The Kier molecular flexibility index (Phi) is 7.99. The van der Waals surface area contributed by atoms with E-state index in [0.717, 1.165) is 56.3 Å². The summed E-state index contributed by atoms with van der Waals surface area (Å²) in [6.07, 6.45) is 4.39. The zero-order chi connectivity index (χ0) is 25.6. The molecule has 4 heterocycles. The van der Waals surface area contributed by atoms with Crippen molar-refractivity contribution in [2.24, 2.45) is 0 Å². The molecule has 0 aliphatic carbocycles. The summed E-state index contributed by atoms with van der Waals surface area (Å²) < 4.78 is 0. The SMILES string of the molecule is CN(CCc1ccccc1)C(=O)c1csc(C2CCN(C(=O)N3CCN(c4ccccn4)CC3)CC2)n1. The number of urea groups is 1. The number of thiazole rings is 1. The van der Waals surface area contributed by atoms with Crippen LogP contribution < -0.4 is 4.90 Å². The van der Waals surface area contributed by atoms with E-state index < -0.39 is 0 Å². The Morgan fingerprint density at radius 3 is 2.35 bits per heavy atom. The highest BCUT2D eigenvalue weighted by molar-refractivity contribution is 7.09. The minimum atomic E-state index is -0.0316. The number of nitrogens with zero attached hydrogens (tertiary/aromatic N) is 6. The summed E-state index contributed by atoms with van der Waals surface area (Å²) in [4.78, 5) is 43.1. The Morgan fingerprint density at radius 2 is 1.65 bits per heavy atom. The van der Waals surface area contributed by atoms with E-state index in [1.54, 1.807) is 16.2 Å². The molecule has 194 valence electrons. The molecule has 5 rings (SSSR count). The molecular formula is C28H34N6O2S. The molecule has 2 aromatic heterocycles. The number of pyridine rings is 1. The van der Waals surface area contributed by atoms with E-state index in [-0.39, 0.29) is 11.9 Å². The average molecular weight is 519 g/mol. The molecule has 37 heavy (non-hydrogen) atoms. The summed E-state index contributed by atoms with van der Waals surface area (Å²) >= 11 is 1.57. The monoisotopic (exact) mass is 518 g/mol. The minimum Gasteiger partial charge on any atom is -0.353 e. The van der Waals surface area contributed by atoms with Gasteiger partial charge in [0.2, 0.25) is 0 Å². The summed E-state index contributed by atoms with van der Waals surface area (Å²) in [5, 5.41) is 2.89. The van der Waals surface area contributed by atoms with Crippen LogP contribution in [0.4, 0.5) is 10.6 Å². The molecule has 0 bridgehead atoms. The zero-order valence-corrected chi connectivity index (χ0v) is 22.1. The van der Waals surface area contributed by atoms with Gasteiger partial charge in [0, 0.05) is 70.4 Å². The third-order valence-electron chi connectivity index (χ3n) is 7.30. The first-order valence-corrected chi connectivity index (χ1v) is 13.9. The van der Waals surface area contributed by atoms with Crippen molar-refractivity contribution in [1.82, 2.24) is 24.7 Å². The van der Waals surface area contributed by atoms with E-state index in [0.29, 0.717) is 31.2 Å². The fourth-order valence-corrected chi connectivity index (χ4v) is 5.96. The van der Waals surface area contributed by atoms with Crippen molar-refractivity contribution in [1.29, 1.82) is 0 Å². The van der Waals surface area contributed by atoms with Gasteiger partial charge in [-0.25, -0.2) is 14.8 Å².